The molecule has 0 aliphatic heterocycles. The number of rotatable bonds is 2. The molecule has 2 saturated carbocycles. The molecule has 0 spiro atoms. The van der Waals surface area contributed by atoms with E-state index in [1.54, 1.807) is 0 Å². The molecule has 5 N–H and O–H groups in total. The van der Waals surface area contributed by atoms with Crippen LogP contribution in [0.4, 0.5) is 0 Å². The minimum Gasteiger partial charge on any atom is -0.414 e. The largest absolute Gasteiger partial charge is 0.414 e. The molecule has 4 nitrogen and oxygen atoms in total. The highest BCUT2D eigenvalue weighted by atomic mass is 28.4. The lowest BCUT2D eigenvalue weighted by molar-refractivity contribution is 0.123. The third-order valence-corrected chi connectivity index (χ3v) is 10.3. The van der Waals surface area contributed by atoms with E-state index in [9.17, 15) is 0 Å². The van der Waals surface area contributed by atoms with Crippen LogP contribution in [-0.4, -0.2) is 37.7 Å². The van der Waals surface area contributed by atoms with Crippen LogP contribution >= 0.6 is 0 Å². The molecule has 138 valence electrons. The normalized spacial score (nSPS) is 32.9. The summed E-state index contributed by atoms with van der Waals surface area (Å²) < 4.78 is 6.37. The number of aliphatic hydroxyl groups excluding tert-OH is 1. The topological polar surface area (TPSA) is 81.5 Å². The Morgan fingerprint density at radius 2 is 1.22 bits per heavy atom. The average Bonchev–Trinajstić information content (AvgIpc) is 2.44. The number of hydrogen-bond donors (Lipinski definition) is 3. The Morgan fingerprint density at radius 1 is 0.826 bits per heavy atom. The van der Waals surface area contributed by atoms with Crippen molar-refractivity contribution >= 4 is 8.32 Å². The van der Waals surface area contributed by atoms with Crippen molar-refractivity contribution in [2.45, 2.75) is 115 Å². The summed E-state index contributed by atoms with van der Waals surface area (Å²) in [7, 11) is -1.56. The van der Waals surface area contributed by atoms with Gasteiger partial charge in [0.1, 0.15) is 0 Å². The quantitative estimate of drug-likeness (QED) is 0.669. The van der Waals surface area contributed by atoms with E-state index in [1.807, 2.05) is 0 Å². The monoisotopic (exact) mass is 344 g/mol. The van der Waals surface area contributed by atoms with Crippen molar-refractivity contribution in [1.29, 1.82) is 0 Å². The first-order valence-electron chi connectivity index (χ1n) is 9.38. The summed E-state index contributed by atoms with van der Waals surface area (Å²) in [6.07, 6.45) is 8.82. The highest BCUT2D eigenvalue weighted by Crippen LogP contribution is 2.38. The van der Waals surface area contributed by atoms with Gasteiger partial charge in [0, 0.05) is 18.2 Å². The fraction of sp³-hybridized carbons (Fsp3) is 1.00. The van der Waals surface area contributed by atoms with E-state index >= 15 is 0 Å². The highest BCUT2D eigenvalue weighted by molar-refractivity contribution is 6.74. The Labute approximate surface area is 144 Å². The van der Waals surface area contributed by atoms with Crippen LogP contribution in [0.5, 0.6) is 0 Å². The standard InChI is InChI=1S/C12H27NOSi.C6H13NO/c1-12(2,3)15(4,5)14-11-8-6-10(13)7-9-11;7-5-1-3-6(8)4-2-5/h10-11H,6-9,13H2,1-5H3;5-6,8H,1-4,7H2. The SMILES string of the molecule is CC(C)(C)[Si](C)(C)OC1CCC(N)CC1.NC1CCC(O)CC1. The van der Waals surface area contributed by atoms with E-state index in [0.717, 1.165) is 51.4 Å². The molecule has 0 unspecified atom stereocenters. The Balaban J connectivity index is 0.000000277. The van der Waals surface area contributed by atoms with Crippen LogP contribution in [-0.2, 0) is 4.43 Å². The van der Waals surface area contributed by atoms with Crippen LogP contribution in [0.25, 0.3) is 0 Å². The number of hydrogen-bond acceptors (Lipinski definition) is 4. The predicted octanol–water partition coefficient (Wildman–Crippen LogP) is 3.53. The molecule has 0 aromatic heterocycles. The lowest BCUT2D eigenvalue weighted by atomic mass is 9.94. The highest BCUT2D eigenvalue weighted by Gasteiger charge is 2.39. The summed E-state index contributed by atoms with van der Waals surface area (Å²) >= 11 is 0. The van der Waals surface area contributed by atoms with Gasteiger partial charge < -0.3 is 21.0 Å². The van der Waals surface area contributed by atoms with Gasteiger partial charge in [0.15, 0.2) is 8.32 Å². The van der Waals surface area contributed by atoms with E-state index in [1.165, 1.54) is 0 Å². The summed E-state index contributed by atoms with van der Waals surface area (Å²) in [6.45, 7) is 11.6. The van der Waals surface area contributed by atoms with Gasteiger partial charge in [-0.3, -0.25) is 0 Å². The van der Waals surface area contributed by atoms with Gasteiger partial charge in [-0.15, -0.1) is 0 Å². The van der Waals surface area contributed by atoms with E-state index in [4.69, 9.17) is 21.0 Å². The molecule has 0 heterocycles. The van der Waals surface area contributed by atoms with E-state index in [2.05, 4.69) is 33.9 Å². The molecule has 5 heteroatoms. The van der Waals surface area contributed by atoms with Gasteiger partial charge >= 0.3 is 0 Å². The zero-order valence-corrected chi connectivity index (χ0v) is 17.0. The van der Waals surface area contributed by atoms with Crippen molar-refractivity contribution in [3.63, 3.8) is 0 Å². The maximum atomic E-state index is 8.97. The molecule has 0 bridgehead atoms. The zero-order chi connectivity index (χ0) is 17.7. The first-order chi connectivity index (χ1) is 10.5. The van der Waals surface area contributed by atoms with Gasteiger partial charge in [-0.05, 0) is 69.5 Å². The second kappa shape index (κ2) is 8.95. The zero-order valence-electron chi connectivity index (χ0n) is 16.0. The van der Waals surface area contributed by atoms with Crippen LogP contribution in [0.3, 0.4) is 0 Å². The molecule has 0 aromatic carbocycles. The van der Waals surface area contributed by atoms with Gasteiger partial charge in [-0.1, -0.05) is 20.8 Å². The fourth-order valence-electron chi connectivity index (χ4n) is 2.90. The van der Waals surface area contributed by atoms with Crippen molar-refractivity contribution in [3.8, 4) is 0 Å². The molecule has 0 saturated heterocycles. The molecular weight excluding hydrogens is 304 g/mol. The first-order valence-corrected chi connectivity index (χ1v) is 12.3. The third kappa shape index (κ3) is 7.65. The molecular formula is C18H40N2O2Si. The molecule has 2 aliphatic carbocycles. The van der Waals surface area contributed by atoms with E-state index in [-0.39, 0.29) is 6.10 Å². The molecule has 0 atom stereocenters. The maximum absolute atomic E-state index is 8.97. The summed E-state index contributed by atoms with van der Waals surface area (Å²) in [6, 6.07) is 0.780. The van der Waals surface area contributed by atoms with Gasteiger partial charge in [0.25, 0.3) is 0 Å². The van der Waals surface area contributed by atoms with Crippen LogP contribution < -0.4 is 11.5 Å². The molecule has 23 heavy (non-hydrogen) atoms. The predicted molar refractivity (Wildman–Crippen MR) is 101 cm³/mol. The Bertz CT molecular complexity index is 318. The van der Waals surface area contributed by atoms with E-state index in [0.29, 0.717) is 23.2 Å². The van der Waals surface area contributed by atoms with Crippen molar-refractivity contribution in [3.05, 3.63) is 0 Å². The van der Waals surface area contributed by atoms with Crippen molar-refractivity contribution in [1.82, 2.24) is 0 Å². The molecule has 0 aromatic rings. The second-order valence-corrected chi connectivity index (χ2v) is 13.7. The van der Waals surface area contributed by atoms with Crippen molar-refractivity contribution in [2.24, 2.45) is 11.5 Å². The second-order valence-electron chi connectivity index (χ2n) is 8.98. The van der Waals surface area contributed by atoms with Gasteiger partial charge in [-0.2, -0.15) is 0 Å². The molecule has 0 radical (unpaired) electrons. The molecule has 2 aliphatic rings. The minimum absolute atomic E-state index is 0.0604. The van der Waals surface area contributed by atoms with Crippen molar-refractivity contribution < 1.29 is 9.53 Å². The number of nitrogens with two attached hydrogens (primary N) is 2. The molecule has 2 rings (SSSR count). The van der Waals surface area contributed by atoms with Gasteiger partial charge in [0.2, 0.25) is 0 Å². The van der Waals surface area contributed by atoms with Crippen LogP contribution in [0, 0.1) is 0 Å². The number of aliphatic hydroxyl groups is 1. The maximum Gasteiger partial charge on any atom is 0.192 e. The van der Waals surface area contributed by atoms with Gasteiger partial charge in [0.05, 0.1) is 6.10 Å². The average molecular weight is 345 g/mol. The summed E-state index contributed by atoms with van der Waals surface area (Å²) in [5.41, 5.74) is 11.5. The van der Waals surface area contributed by atoms with Crippen LogP contribution in [0.15, 0.2) is 0 Å². The third-order valence-electron chi connectivity index (χ3n) is 5.73. The lowest BCUT2D eigenvalue weighted by Crippen LogP contribution is -2.45. The fourth-order valence-corrected chi connectivity index (χ4v) is 4.32. The van der Waals surface area contributed by atoms with Crippen molar-refractivity contribution in [2.75, 3.05) is 0 Å². The summed E-state index contributed by atoms with van der Waals surface area (Å²) in [5.74, 6) is 0. The first kappa shape index (κ1) is 21.1. The smallest absolute Gasteiger partial charge is 0.192 e. The molecule has 0 amide bonds. The van der Waals surface area contributed by atoms with Gasteiger partial charge in [-0.25, -0.2) is 0 Å². The van der Waals surface area contributed by atoms with Crippen LogP contribution in [0.2, 0.25) is 18.1 Å². The lowest BCUT2D eigenvalue weighted by Gasteiger charge is -2.41. The summed E-state index contributed by atoms with van der Waals surface area (Å²) in [4.78, 5) is 0. The van der Waals surface area contributed by atoms with Crippen LogP contribution in [0.1, 0.15) is 72.1 Å². The molecule has 2 fully saturated rings. The Hall–Kier alpha value is 0.0569. The Morgan fingerprint density at radius 3 is 1.57 bits per heavy atom. The van der Waals surface area contributed by atoms with E-state index < -0.39 is 8.32 Å². The summed E-state index contributed by atoms with van der Waals surface area (Å²) in [5, 5.41) is 9.30. The minimum atomic E-state index is -1.56. The Kier molecular flexibility index (Phi) is 8.21.